The fraction of sp³-hybridized carbons (Fsp3) is 0.200. The molecule has 138 valence electrons. The molecule has 3 N–H and O–H groups in total. The van der Waals surface area contributed by atoms with Gasteiger partial charge in [0.25, 0.3) is 5.91 Å². The van der Waals surface area contributed by atoms with Crippen LogP contribution in [0, 0.1) is 6.92 Å². The number of nitrogens with zero attached hydrogens (tertiary/aromatic N) is 2. The van der Waals surface area contributed by atoms with Crippen LogP contribution in [-0.2, 0) is 14.8 Å². The summed E-state index contributed by atoms with van der Waals surface area (Å²) in [5, 5.41) is 11.3. The van der Waals surface area contributed by atoms with E-state index in [0.29, 0.717) is 11.3 Å². The molecule has 2 rings (SSSR count). The van der Waals surface area contributed by atoms with E-state index in [1.54, 1.807) is 6.92 Å². The van der Waals surface area contributed by atoms with E-state index >= 15 is 0 Å². The number of hydrogen-bond donors (Lipinski definition) is 3. The summed E-state index contributed by atoms with van der Waals surface area (Å²) in [6.45, 7) is 1.41. The smallest absolute Gasteiger partial charge is 0.304 e. The van der Waals surface area contributed by atoms with Crippen molar-refractivity contribution in [1.82, 2.24) is 14.7 Å². The highest BCUT2D eigenvalue weighted by Crippen LogP contribution is 2.20. The van der Waals surface area contributed by atoms with Gasteiger partial charge in [-0.1, -0.05) is 11.6 Å². The summed E-state index contributed by atoms with van der Waals surface area (Å²) in [6.07, 6.45) is 0.830. The van der Waals surface area contributed by atoms with Gasteiger partial charge in [-0.25, -0.2) is 23.1 Å². The standard InChI is InChI=1S/C15H15ClN4O5S/c1-9-6-10(26(24,25)19-5-4-14(21)22)2-3-11(9)20-15(23)12-7-13(16)18-8-17-12/h2-3,6-8,19H,4-5H2,1H3,(H,20,23)(H,21,22). The molecule has 1 aromatic carbocycles. The van der Waals surface area contributed by atoms with Gasteiger partial charge in [0.05, 0.1) is 11.3 Å². The average molecular weight is 399 g/mol. The van der Waals surface area contributed by atoms with Gasteiger partial charge in [0.15, 0.2) is 0 Å². The second kappa shape index (κ2) is 8.21. The van der Waals surface area contributed by atoms with Crippen molar-refractivity contribution in [2.24, 2.45) is 0 Å². The van der Waals surface area contributed by atoms with Crippen LogP contribution in [0.5, 0.6) is 0 Å². The number of halogens is 1. The number of aryl methyl sites for hydroxylation is 1. The Kier molecular flexibility index (Phi) is 6.24. The first-order chi connectivity index (χ1) is 12.2. The second-order valence-electron chi connectivity index (χ2n) is 5.20. The summed E-state index contributed by atoms with van der Waals surface area (Å²) in [7, 11) is -3.85. The van der Waals surface area contributed by atoms with Gasteiger partial charge in [0.1, 0.15) is 17.2 Å². The first-order valence-corrected chi connectivity index (χ1v) is 9.16. The largest absolute Gasteiger partial charge is 0.481 e. The van der Waals surface area contributed by atoms with Crippen LogP contribution in [0.15, 0.2) is 35.5 Å². The predicted molar refractivity (Wildman–Crippen MR) is 93.6 cm³/mol. The molecule has 0 spiro atoms. The third kappa shape index (κ3) is 5.22. The number of rotatable bonds is 7. The minimum atomic E-state index is -3.85. The summed E-state index contributed by atoms with van der Waals surface area (Å²) >= 11 is 5.71. The molecule has 0 saturated heterocycles. The maximum atomic E-state index is 12.2. The first-order valence-electron chi connectivity index (χ1n) is 7.30. The van der Waals surface area contributed by atoms with Crippen LogP contribution in [0.2, 0.25) is 5.15 Å². The highest BCUT2D eigenvalue weighted by Gasteiger charge is 2.16. The van der Waals surface area contributed by atoms with Gasteiger partial charge >= 0.3 is 5.97 Å². The topological polar surface area (TPSA) is 138 Å². The molecule has 0 aliphatic rings. The summed E-state index contributed by atoms with van der Waals surface area (Å²) in [5.41, 5.74) is 0.963. The number of carboxylic acid groups (broad SMARTS) is 1. The average Bonchev–Trinajstić information content (AvgIpc) is 2.56. The molecule has 9 nitrogen and oxygen atoms in total. The van der Waals surface area contributed by atoms with Crippen molar-refractivity contribution in [2.75, 3.05) is 11.9 Å². The lowest BCUT2D eigenvalue weighted by Gasteiger charge is -2.11. The highest BCUT2D eigenvalue weighted by atomic mass is 35.5. The molecule has 0 fully saturated rings. The van der Waals surface area contributed by atoms with Gasteiger partial charge in [0, 0.05) is 18.3 Å². The lowest BCUT2D eigenvalue weighted by atomic mass is 10.2. The van der Waals surface area contributed by atoms with Gasteiger partial charge in [-0.15, -0.1) is 0 Å². The monoisotopic (exact) mass is 398 g/mol. The van der Waals surface area contributed by atoms with Crippen LogP contribution in [0.25, 0.3) is 0 Å². The Hall–Kier alpha value is -2.56. The number of carbonyl (C=O) groups is 2. The Morgan fingerprint density at radius 1 is 1.23 bits per heavy atom. The van der Waals surface area contributed by atoms with E-state index in [0.717, 1.165) is 6.33 Å². The number of benzene rings is 1. The zero-order valence-electron chi connectivity index (χ0n) is 13.6. The van der Waals surface area contributed by atoms with Crippen molar-refractivity contribution in [3.8, 4) is 0 Å². The van der Waals surface area contributed by atoms with E-state index < -0.39 is 21.9 Å². The van der Waals surface area contributed by atoms with Crippen LogP contribution >= 0.6 is 11.6 Å². The number of aliphatic carboxylic acids is 1. The maximum absolute atomic E-state index is 12.2. The van der Waals surface area contributed by atoms with Crippen LogP contribution in [0.3, 0.4) is 0 Å². The van der Waals surface area contributed by atoms with E-state index in [2.05, 4.69) is 20.0 Å². The number of amides is 1. The van der Waals surface area contributed by atoms with Gasteiger partial charge in [-0.2, -0.15) is 0 Å². The van der Waals surface area contributed by atoms with Crippen LogP contribution in [0.4, 0.5) is 5.69 Å². The molecule has 0 unspecified atom stereocenters. The SMILES string of the molecule is Cc1cc(S(=O)(=O)NCCC(=O)O)ccc1NC(=O)c1cc(Cl)ncn1. The van der Waals surface area contributed by atoms with Gasteiger partial charge in [0.2, 0.25) is 10.0 Å². The Morgan fingerprint density at radius 2 is 1.96 bits per heavy atom. The molecule has 1 heterocycles. The number of carbonyl (C=O) groups excluding carboxylic acids is 1. The number of anilines is 1. The zero-order chi connectivity index (χ0) is 19.3. The number of aromatic nitrogens is 2. The van der Waals surface area contributed by atoms with Gasteiger partial charge in [-0.3, -0.25) is 9.59 Å². The number of nitrogens with one attached hydrogen (secondary N) is 2. The molecule has 0 aliphatic carbocycles. The van der Waals surface area contributed by atoms with Crippen molar-refractivity contribution in [3.63, 3.8) is 0 Å². The summed E-state index contributed by atoms with van der Waals surface area (Å²) in [4.78, 5) is 30.1. The fourth-order valence-electron chi connectivity index (χ4n) is 1.96. The summed E-state index contributed by atoms with van der Waals surface area (Å²) in [5.74, 6) is -1.63. The molecule has 1 amide bonds. The third-order valence-electron chi connectivity index (χ3n) is 3.25. The van der Waals surface area contributed by atoms with Crippen LogP contribution in [-0.4, -0.2) is 41.9 Å². The maximum Gasteiger partial charge on any atom is 0.304 e. The minimum absolute atomic E-state index is 0.0385. The molecule has 11 heteroatoms. The number of sulfonamides is 1. The van der Waals surface area contributed by atoms with E-state index in [1.807, 2.05) is 0 Å². The van der Waals surface area contributed by atoms with Crippen LogP contribution in [0.1, 0.15) is 22.5 Å². The Morgan fingerprint density at radius 3 is 2.58 bits per heavy atom. The molecular weight excluding hydrogens is 384 g/mol. The van der Waals surface area contributed by atoms with Crippen molar-refractivity contribution >= 4 is 39.2 Å². The van der Waals surface area contributed by atoms with Crippen molar-refractivity contribution in [3.05, 3.63) is 47.0 Å². The lowest BCUT2D eigenvalue weighted by Crippen LogP contribution is -2.26. The zero-order valence-corrected chi connectivity index (χ0v) is 15.1. The third-order valence-corrected chi connectivity index (χ3v) is 4.92. The van der Waals surface area contributed by atoms with Crippen LogP contribution < -0.4 is 10.0 Å². The van der Waals surface area contributed by atoms with Crippen molar-refractivity contribution < 1.29 is 23.1 Å². The number of carboxylic acids is 1. The number of hydrogen-bond acceptors (Lipinski definition) is 6. The van der Waals surface area contributed by atoms with E-state index in [9.17, 15) is 18.0 Å². The van der Waals surface area contributed by atoms with E-state index in [-0.39, 0.29) is 28.7 Å². The Balaban J connectivity index is 2.14. The molecule has 0 bridgehead atoms. The van der Waals surface area contributed by atoms with E-state index in [1.165, 1.54) is 24.3 Å². The summed E-state index contributed by atoms with van der Waals surface area (Å²) in [6, 6.07) is 5.41. The quantitative estimate of drug-likeness (QED) is 0.600. The fourth-order valence-corrected chi connectivity index (χ4v) is 3.23. The summed E-state index contributed by atoms with van der Waals surface area (Å²) < 4.78 is 26.5. The van der Waals surface area contributed by atoms with Gasteiger partial charge < -0.3 is 10.4 Å². The molecule has 0 aliphatic heterocycles. The molecular formula is C15H15ClN4O5S. The normalized spacial score (nSPS) is 11.2. The lowest BCUT2D eigenvalue weighted by molar-refractivity contribution is -0.136. The second-order valence-corrected chi connectivity index (χ2v) is 7.35. The van der Waals surface area contributed by atoms with Crippen molar-refractivity contribution in [1.29, 1.82) is 0 Å². The molecule has 0 radical (unpaired) electrons. The van der Waals surface area contributed by atoms with E-state index in [4.69, 9.17) is 16.7 Å². The predicted octanol–water partition coefficient (Wildman–Crippen LogP) is 1.44. The molecule has 2 aromatic rings. The molecule has 26 heavy (non-hydrogen) atoms. The first kappa shape index (κ1) is 19.8. The minimum Gasteiger partial charge on any atom is -0.481 e. The van der Waals surface area contributed by atoms with Crippen molar-refractivity contribution in [2.45, 2.75) is 18.2 Å². The molecule has 0 saturated carbocycles. The molecule has 0 atom stereocenters. The highest BCUT2D eigenvalue weighted by molar-refractivity contribution is 7.89. The Labute approximate surface area is 154 Å². The van der Waals surface area contributed by atoms with Gasteiger partial charge in [-0.05, 0) is 30.7 Å². The Bertz CT molecular complexity index is 949. The molecule has 1 aromatic heterocycles.